The number of H-pyrrole nitrogens is 1. The van der Waals surface area contributed by atoms with E-state index in [0.717, 1.165) is 36.2 Å². The van der Waals surface area contributed by atoms with E-state index < -0.39 is 0 Å². The molecule has 0 amide bonds. The third-order valence-electron chi connectivity index (χ3n) is 3.59. The van der Waals surface area contributed by atoms with Crippen molar-refractivity contribution in [1.82, 2.24) is 9.97 Å². The molecule has 0 radical (unpaired) electrons. The Bertz CT molecular complexity index is 725. The molecule has 110 valence electrons. The monoisotopic (exact) mass is 287 g/mol. The minimum Gasteiger partial charge on any atom is -0.493 e. The van der Waals surface area contributed by atoms with Crippen LogP contribution in [0.5, 0.6) is 11.5 Å². The number of hydrogen-bond donors (Lipinski definition) is 2. The maximum Gasteiger partial charge on any atom is 0.255 e. The molecule has 0 spiro atoms. The van der Waals surface area contributed by atoms with Crippen molar-refractivity contribution in [2.24, 2.45) is 0 Å². The summed E-state index contributed by atoms with van der Waals surface area (Å²) in [5.74, 6) is 1.72. The molecule has 0 saturated carbocycles. The van der Waals surface area contributed by atoms with Gasteiger partial charge >= 0.3 is 0 Å². The van der Waals surface area contributed by atoms with Gasteiger partial charge in [-0.25, -0.2) is 4.98 Å². The van der Waals surface area contributed by atoms with Crippen LogP contribution in [-0.4, -0.2) is 24.2 Å². The molecule has 0 fully saturated rings. The van der Waals surface area contributed by atoms with Crippen LogP contribution in [0.3, 0.4) is 0 Å². The third kappa shape index (κ3) is 2.56. The smallest absolute Gasteiger partial charge is 0.255 e. The van der Waals surface area contributed by atoms with Gasteiger partial charge in [0.25, 0.3) is 5.56 Å². The van der Waals surface area contributed by atoms with Crippen molar-refractivity contribution in [1.29, 1.82) is 0 Å². The standard InChI is InChI=1S/C15H17N3O3/c1-20-12-7-6-9(8-13(12)21-2)16-15-17-11-5-3-4-10(11)14(19)18-15/h6-8H,3-5H2,1-2H3,(H2,16,17,18,19). The molecular weight excluding hydrogens is 270 g/mol. The van der Waals surface area contributed by atoms with Gasteiger partial charge in [0.2, 0.25) is 5.95 Å². The lowest BCUT2D eigenvalue weighted by atomic mass is 10.2. The Morgan fingerprint density at radius 1 is 1.19 bits per heavy atom. The molecule has 2 aromatic rings. The van der Waals surface area contributed by atoms with Crippen LogP contribution in [-0.2, 0) is 12.8 Å². The van der Waals surface area contributed by atoms with Crippen molar-refractivity contribution >= 4 is 11.6 Å². The molecule has 2 N–H and O–H groups in total. The first kappa shape index (κ1) is 13.5. The second-order valence-corrected chi connectivity index (χ2v) is 4.89. The molecule has 6 nitrogen and oxygen atoms in total. The van der Waals surface area contributed by atoms with E-state index in [4.69, 9.17) is 9.47 Å². The lowest BCUT2D eigenvalue weighted by Gasteiger charge is -2.11. The maximum absolute atomic E-state index is 12.0. The number of aryl methyl sites for hydroxylation is 1. The molecule has 0 atom stereocenters. The zero-order valence-electron chi connectivity index (χ0n) is 12.0. The van der Waals surface area contributed by atoms with Crippen LogP contribution in [0, 0.1) is 0 Å². The summed E-state index contributed by atoms with van der Waals surface area (Å²) in [5.41, 5.74) is 2.42. The van der Waals surface area contributed by atoms with E-state index in [1.54, 1.807) is 26.4 Å². The van der Waals surface area contributed by atoms with E-state index in [1.807, 2.05) is 6.07 Å². The molecule has 1 aliphatic rings. The van der Waals surface area contributed by atoms with Crippen LogP contribution in [0.25, 0.3) is 0 Å². The van der Waals surface area contributed by atoms with Crippen LogP contribution < -0.4 is 20.3 Å². The highest BCUT2D eigenvalue weighted by Gasteiger charge is 2.17. The average Bonchev–Trinajstić information content (AvgIpc) is 2.96. The average molecular weight is 287 g/mol. The Morgan fingerprint density at radius 3 is 2.76 bits per heavy atom. The fourth-order valence-electron chi connectivity index (χ4n) is 2.55. The zero-order valence-corrected chi connectivity index (χ0v) is 12.0. The summed E-state index contributed by atoms with van der Waals surface area (Å²) >= 11 is 0. The predicted molar refractivity (Wildman–Crippen MR) is 79.7 cm³/mol. The zero-order chi connectivity index (χ0) is 14.8. The fraction of sp³-hybridized carbons (Fsp3) is 0.333. The second-order valence-electron chi connectivity index (χ2n) is 4.89. The minimum absolute atomic E-state index is 0.0551. The van der Waals surface area contributed by atoms with E-state index in [0.29, 0.717) is 17.4 Å². The third-order valence-corrected chi connectivity index (χ3v) is 3.59. The first-order chi connectivity index (χ1) is 10.2. The number of fused-ring (bicyclic) bond motifs is 1. The van der Waals surface area contributed by atoms with Crippen LogP contribution in [0.2, 0.25) is 0 Å². The largest absolute Gasteiger partial charge is 0.493 e. The summed E-state index contributed by atoms with van der Waals surface area (Å²) in [5, 5.41) is 3.10. The fourth-order valence-corrected chi connectivity index (χ4v) is 2.55. The van der Waals surface area contributed by atoms with E-state index in [1.165, 1.54) is 0 Å². The highest BCUT2D eigenvalue weighted by Crippen LogP contribution is 2.30. The van der Waals surface area contributed by atoms with Gasteiger partial charge in [0.15, 0.2) is 11.5 Å². The van der Waals surface area contributed by atoms with Crippen molar-refractivity contribution in [2.45, 2.75) is 19.3 Å². The van der Waals surface area contributed by atoms with Gasteiger partial charge in [0.05, 0.1) is 19.9 Å². The van der Waals surface area contributed by atoms with Crippen molar-refractivity contribution < 1.29 is 9.47 Å². The predicted octanol–water partition coefficient (Wildman–Crippen LogP) is 2.02. The van der Waals surface area contributed by atoms with E-state index in [-0.39, 0.29) is 5.56 Å². The summed E-state index contributed by atoms with van der Waals surface area (Å²) in [6.07, 6.45) is 2.67. The number of methoxy groups -OCH3 is 2. The molecule has 1 aliphatic carbocycles. The van der Waals surface area contributed by atoms with E-state index >= 15 is 0 Å². The number of ether oxygens (including phenoxy) is 2. The molecule has 21 heavy (non-hydrogen) atoms. The Labute approximate surface area is 122 Å². The molecule has 0 saturated heterocycles. The first-order valence-electron chi connectivity index (χ1n) is 6.82. The van der Waals surface area contributed by atoms with Crippen LogP contribution in [0.1, 0.15) is 17.7 Å². The number of aromatic nitrogens is 2. The van der Waals surface area contributed by atoms with Gasteiger partial charge in [0.1, 0.15) is 0 Å². The maximum atomic E-state index is 12.0. The molecule has 0 unspecified atom stereocenters. The van der Waals surface area contributed by atoms with Crippen molar-refractivity contribution in [2.75, 3.05) is 19.5 Å². The molecule has 0 aliphatic heterocycles. The van der Waals surface area contributed by atoms with E-state index in [2.05, 4.69) is 15.3 Å². The number of benzene rings is 1. The summed E-state index contributed by atoms with van der Waals surface area (Å²) in [7, 11) is 3.17. The summed E-state index contributed by atoms with van der Waals surface area (Å²) < 4.78 is 10.4. The second kappa shape index (κ2) is 5.47. The van der Waals surface area contributed by atoms with Gasteiger partial charge in [0, 0.05) is 17.3 Å². The quantitative estimate of drug-likeness (QED) is 0.899. The molecule has 1 aromatic carbocycles. The van der Waals surface area contributed by atoms with E-state index in [9.17, 15) is 4.79 Å². The molecule has 1 aromatic heterocycles. The van der Waals surface area contributed by atoms with Crippen LogP contribution >= 0.6 is 0 Å². The number of hydrogen-bond acceptors (Lipinski definition) is 5. The number of nitrogens with one attached hydrogen (secondary N) is 2. The minimum atomic E-state index is -0.0551. The summed E-state index contributed by atoms with van der Waals surface area (Å²) in [6, 6.07) is 5.44. The normalized spacial score (nSPS) is 12.9. The number of aromatic amines is 1. The number of anilines is 2. The van der Waals surface area contributed by atoms with Gasteiger partial charge < -0.3 is 14.8 Å². The van der Waals surface area contributed by atoms with Crippen LogP contribution in [0.15, 0.2) is 23.0 Å². The van der Waals surface area contributed by atoms with Gasteiger partial charge in [-0.3, -0.25) is 9.78 Å². The Balaban J connectivity index is 1.90. The Hall–Kier alpha value is -2.50. The lowest BCUT2D eigenvalue weighted by molar-refractivity contribution is 0.355. The number of rotatable bonds is 4. The topological polar surface area (TPSA) is 76.2 Å². The lowest BCUT2D eigenvalue weighted by Crippen LogP contribution is -2.16. The first-order valence-corrected chi connectivity index (χ1v) is 6.82. The molecule has 6 heteroatoms. The highest BCUT2D eigenvalue weighted by atomic mass is 16.5. The van der Waals surface area contributed by atoms with Gasteiger partial charge in [-0.2, -0.15) is 0 Å². The molecule has 3 rings (SSSR count). The number of nitrogens with zero attached hydrogens (tertiary/aromatic N) is 1. The SMILES string of the molecule is COc1ccc(Nc2nc3c(c(=O)[nH]2)CCC3)cc1OC. The van der Waals surface area contributed by atoms with Gasteiger partial charge in [-0.05, 0) is 31.4 Å². The summed E-state index contributed by atoms with van der Waals surface area (Å²) in [6.45, 7) is 0. The van der Waals surface area contributed by atoms with Gasteiger partial charge in [-0.15, -0.1) is 0 Å². The molecular formula is C15H17N3O3. The molecule has 1 heterocycles. The summed E-state index contributed by atoms with van der Waals surface area (Å²) in [4.78, 5) is 19.2. The van der Waals surface area contributed by atoms with Crippen molar-refractivity contribution in [3.63, 3.8) is 0 Å². The van der Waals surface area contributed by atoms with Crippen molar-refractivity contribution in [3.8, 4) is 11.5 Å². The highest BCUT2D eigenvalue weighted by molar-refractivity contribution is 5.59. The molecule has 0 bridgehead atoms. The van der Waals surface area contributed by atoms with Crippen molar-refractivity contribution in [3.05, 3.63) is 39.8 Å². The van der Waals surface area contributed by atoms with Gasteiger partial charge in [-0.1, -0.05) is 0 Å². The Morgan fingerprint density at radius 2 is 2.00 bits per heavy atom. The Kier molecular flexibility index (Phi) is 3.51. The van der Waals surface area contributed by atoms with Crippen LogP contribution in [0.4, 0.5) is 11.6 Å².